The summed E-state index contributed by atoms with van der Waals surface area (Å²) in [5.74, 6) is 0. The van der Waals surface area contributed by atoms with Crippen LogP contribution in [0.4, 0.5) is 14.7 Å². The molecule has 2 fully saturated rings. The number of benzene rings is 1. The maximum absolute atomic E-state index is 13.1. The molecule has 0 bridgehead atoms. The molecular formula is C26H27N7O2S. The number of likely N-dealkylation sites (N-methyl/N-ethyl adjacent to an activating group) is 1. The number of thiazole rings is 1. The van der Waals surface area contributed by atoms with Gasteiger partial charge >= 0.3 is 12.1 Å². The van der Waals surface area contributed by atoms with Gasteiger partial charge in [0.15, 0.2) is 5.13 Å². The van der Waals surface area contributed by atoms with Crippen LogP contribution < -0.4 is 10.6 Å². The van der Waals surface area contributed by atoms with Gasteiger partial charge in [-0.25, -0.2) is 14.6 Å². The van der Waals surface area contributed by atoms with Crippen molar-refractivity contribution >= 4 is 28.5 Å². The maximum atomic E-state index is 13.1. The van der Waals surface area contributed by atoms with E-state index in [9.17, 15) is 14.9 Å². The van der Waals surface area contributed by atoms with Gasteiger partial charge in [-0.15, -0.1) is 0 Å². The first-order valence-electron chi connectivity index (χ1n) is 11.8. The van der Waals surface area contributed by atoms with Crippen molar-refractivity contribution < 1.29 is 9.59 Å². The summed E-state index contributed by atoms with van der Waals surface area (Å²) in [6.07, 6.45) is 1.42. The van der Waals surface area contributed by atoms with Gasteiger partial charge in [0.05, 0.1) is 27.7 Å². The number of piperidine rings is 1. The fourth-order valence-electron chi connectivity index (χ4n) is 4.95. The van der Waals surface area contributed by atoms with Crippen molar-refractivity contribution in [3.8, 4) is 27.8 Å². The average Bonchev–Trinajstić information content (AvgIpc) is 3.39. The molecule has 0 atom stereocenters. The molecule has 2 N–H and O–H groups in total. The number of nitrogens with zero attached hydrogens (tertiary/aromatic N) is 5. The van der Waals surface area contributed by atoms with Crippen LogP contribution in [-0.4, -0.2) is 64.1 Å². The lowest BCUT2D eigenvalue weighted by Gasteiger charge is -2.38. The number of carbonyl (C=O) groups excluding carboxylic acids is 2. The normalized spacial score (nSPS) is 16.7. The van der Waals surface area contributed by atoms with Crippen LogP contribution in [0.1, 0.15) is 29.8 Å². The number of likely N-dealkylation sites (tertiary alicyclic amines) is 1. The minimum atomic E-state index is -0.257. The Bertz CT molecular complexity index is 1360. The van der Waals surface area contributed by atoms with Crippen molar-refractivity contribution in [2.75, 3.05) is 32.0 Å². The zero-order valence-electron chi connectivity index (χ0n) is 20.5. The third kappa shape index (κ3) is 4.62. The summed E-state index contributed by atoms with van der Waals surface area (Å²) in [6.45, 7) is 5.66. The molecule has 5 rings (SSSR count). The summed E-state index contributed by atoms with van der Waals surface area (Å²) in [4.78, 5) is 38.7. The molecule has 3 aromatic rings. The summed E-state index contributed by atoms with van der Waals surface area (Å²) in [6, 6.07) is 13.2. The Balaban J connectivity index is 1.40. The summed E-state index contributed by atoms with van der Waals surface area (Å²) in [7, 11) is 1.79. The topological polar surface area (TPSA) is 114 Å². The fourth-order valence-corrected chi connectivity index (χ4v) is 5.91. The maximum Gasteiger partial charge on any atom is 0.323 e. The molecule has 0 unspecified atom stereocenters. The number of aromatic nitrogens is 2. The van der Waals surface area contributed by atoms with E-state index in [1.165, 1.54) is 11.3 Å². The second-order valence-electron chi connectivity index (χ2n) is 9.51. The molecular weight excluding hydrogens is 474 g/mol. The standard InChI is InChI=1S/C26H27N7O2S/c1-16-11-20(12-17(2)28-16)22-21(19-6-4-5-18(13-19)14-27)29-23(36-22)30-24(34)33-9-7-26(8-10-33)15-32(3)25(35)31-26/h4-6,11-13H,7-10,15H2,1-3H3,(H,31,35)(H,29,30,34). The number of nitrogens with one attached hydrogen (secondary N) is 2. The summed E-state index contributed by atoms with van der Waals surface area (Å²) < 4.78 is 0. The first-order valence-corrected chi connectivity index (χ1v) is 12.6. The van der Waals surface area contributed by atoms with Gasteiger partial charge in [-0.1, -0.05) is 23.5 Å². The number of aryl methyl sites for hydroxylation is 2. The van der Waals surface area contributed by atoms with Crippen LogP contribution in [0.25, 0.3) is 21.7 Å². The van der Waals surface area contributed by atoms with Crippen LogP contribution in [0.15, 0.2) is 36.4 Å². The van der Waals surface area contributed by atoms with Crippen LogP contribution in [-0.2, 0) is 0 Å². The predicted octanol–water partition coefficient (Wildman–Crippen LogP) is 4.38. The average molecular weight is 502 g/mol. The lowest BCUT2D eigenvalue weighted by atomic mass is 9.88. The second-order valence-corrected chi connectivity index (χ2v) is 10.5. The highest BCUT2D eigenvalue weighted by Gasteiger charge is 2.43. The summed E-state index contributed by atoms with van der Waals surface area (Å²) in [5, 5.41) is 15.9. The van der Waals surface area contributed by atoms with Gasteiger partial charge in [-0.05, 0) is 56.5 Å². The molecule has 1 aromatic carbocycles. The van der Waals surface area contributed by atoms with Crippen LogP contribution in [0.3, 0.4) is 0 Å². The van der Waals surface area contributed by atoms with Gasteiger partial charge < -0.3 is 15.1 Å². The zero-order valence-corrected chi connectivity index (χ0v) is 21.3. The highest BCUT2D eigenvalue weighted by atomic mass is 32.1. The lowest BCUT2D eigenvalue weighted by Crippen LogP contribution is -2.54. The van der Waals surface area contributed by atoms with Crippen molar-refractivity contribution in [2.24, 2.45) is 0 Å². The molecule has 0 saturated carbocycles. The van der Waals surface area contributed by atoms with E-state index >= 15 is 0 Å². The second kappa shape index (κ2) is 9.24. The Kier molecular flexibility index (Phi) is 6.10. The Morgan fingerprint density at radius 1 is 1.14 bits per heavy atom. The number of nitriles is 1. The molecule has 0 aliphatic carbocycles. The Morgan fingerprint density at radius 3 is 2.50 bits per heavy atom. The summed E-state index contributed by atoms with van der Waals surface area (Å²) in [5.41, 5.74) is 4.58. The van der Waals surface area contributed by atoms with Crippen LogP contribution in [0.2, 0.25) is 0 Å². The largest absolute Gasteiger partial charge is 0.331 e. The molecule has 36 heavy (non-hydrogen) atoms. The van der Waals surface area contributed by atoms with Gasteiger partial charge in [0.1, 0.15) is 0 Å². The van der Waals surface area contributed by atoms with E-state index in [0.29, 0.717) is 48.9 Å². The number of hydrogen-bond acceptors (Lipinski definition) is 6. The van der Waals surface area contributed by atoms with E-state index < -0.39 is 0 Å². The number of pyridine rings is 1. The van der Waals surface area contributed by atoms with E-state index in [4.69, 9.17) is 4.98 Å². The van der Waals surface area contributed by atoms with Gasteiger partial charge in [-0.3, -0.25) is 10.3 Å². The minimum Gasteiger partial charge on any atom is -0.331 e. The molecule has 0 radical (unpaired) electrons. The number of anilines is 1. The van der Waals surface area contributed by atoms with Crippen molar-refractivity contribution in [2.45, 2.75) is 32.2 Å². The Morgan fingerprint density at radius 2 is 1.86 bits per heavy atom. The van der Waals surface area contributed by atoms with Gasteiger partial charge in [0.2, 0.25) is 0 Å². The number of hydrogen-bond donors (Lipinski definition) is 2. The number of amides is 4. The van der Waals surface area contributed by atoms with Crippen molar-refractivity contribution in [3.05, 3.63) is 53.3 Å². The highest BCUT2D eigenvalue weighted by Crippen LogP contribution is 2.40. The first kappa shape index (κ1) is 23.8. The lowest BCUT2D eigenvalue weighted by molar-refractivity contribution is 0.162. The molecule has 4 amide bonds. The fraction of sp³-hybridized carbons (Fsp3) is 0.346. The molecule has 10 heteroatoms. The molecule has 184 valence electrons. The number of carbonyl (C=O) groups is 2. The predicted molar refractivity (Wildman–Crippen MR) is 139 cm³/mol. The third-order valence-electron chi connectivity index (χ3n) is 6.72. The van der Waals surface area contributed by atoms with E-state index in [2.05, 4.69) is 21.7 Å². The van der Waals surface area contributed by atoms with E-state index in [-0.39, 0.29) is 17.6 Å². The van der Waals surface area contributed by atoms with Gasteiger partial charge in [0.25, 0.3) is 0 Å². The zero-order chi connectivity index (χ0) is 25.4. The van der Waals surface area contributed by atoms with Crippen molar-refractivity contribution in [1.29, 1.82) is 5.26 Å². The highest BCUT2D eigenvalue weighted by molar-refractivity contribution is 7.19. The molecule has 2 aromatic heterocycles. The van der Waals surface area contributed by atoms with Crippen LogP contribution >= 0.6 is 11.3 Å². The third-order valence-corrected chi connectivity index (χ3v) is 7.74. The Labute approximate surface area is 213 Å². The first-order chi connectivity index (χ1) is 17.2. The number of urea groups is 2. The smallest absolute Gasteiger partial charge is 0.323 e. The molecule has 1 spiro atoms. The number of rotatable bonds is 3. The summed E-state index contributed by atoms with van der Waals surface area (Å²) >= 11 is 1.41. The Hall–Kier alpha value is -3.97. The molecule has 2 saturated heterocycles. The van der Waals surface area contributed by atoms with Crippen LogP contribution in [0.5, 0.6) is 0 Å². The molecule has 9 nitrogen and oxygen atoms in total. The van der Waals surface area contributed by atoms with Crippen molar-refractivity contribution in [1.82, 2.24) is 25.1 Å². The van der Waals surface area contributed by atoms with Gasteiger partial charge in [0, 0.05) is 43.6 Å². The SMILES string of the molecule is Cc1cc(-c2sc(NC(=O)N3CCC4(CC3)CN(C)C(=O)N4)nc2-c2cccc(C#N)c2)cc(C)n1. The van der Waals surface area contributed by atoms with Crippen LogP contribution in [0, 0.1) is 25.2 Å². The van der Waals surface area contributed by atoms with Gasteiger partial charge in [-0.2, -0.15) is 5.26 Å². The van der Waals surface area contributed by atoms with E-state index in [1.807, 2.05) is 44.2 Å². The van der Waals surface area contributed by atoms with E-state index in [1.54, 1.807) is 22.9 Å². The van der Waals surface area contributed by atoms with Crippen molar-refractivity contribution in [3.63, 3.8) is 0 Å². The minimum absolute atomic E-state index is 0.0576. The molecule has 2 aliphatic heterocycles. The monoisotopic (exact) mass is 501 g/mol. The molecule has 2 aliphatic rings. The molecule has 4 heterocycles. The quantitative estimate of drug-likeness (QED) is 0.553. The van der Waals surface area contributed by atoms with E-state index in [0.717, 1.165) is 27.4 Å².